The van der Waals surface area contributed by atoms with E-state index in [1.165, 1.54) is 4.68 Å². The number of nitrogens with zero attached hydrogens (tertiary/aromatic N) is 4. The molecule has 164 valence electrons. The second-order valence-electron chi connectivity index (χ2n) is 7.80. The Labute approximate surface area is 174 Å². The van der Waals surface area contributed by atoms with Crippen LogP contribution in [0.3, 0.4) is 0 Å². The van der Waals surface area contributed by atoms with Crippen LogP contribution < -0.4 is 0 Å². The van der Waals surface area contributed by atoms with Crippen LogP contribution in [0.1, 0.15) is 75.1 Å². The largest absolute Gasteiger partial charge is 0.419 e. The average Bonchev–Trinajstić information content (AvgIpc) is 3.05. The van der Waals surface area contributed by atoms with Crippen molar-refractivity contribution in [1.82, 2.24) is 19.7 Å². The highest BCUT2D eigenvalue weighted by atomic mass is 19.4. The number of unbranched alkanes of at least 4 members (excludes halogenated alkanes) is 2. The van der Waals surface area contributed by atoms with Gasteiger partial charge in [0.1, 0.15) is 11.6 Å². The first-order valence-corrected chi connectivity index (χ1v) is 10.5. The fourth-order valence-corrected chi connectivity index (χ4v) is 3.90. The number of alkyl halides is 3. The standard InChI is InChI=1S/C22H28F4N4/c1-5-7-8-11-29(6-2)19-10-9-14(3)16-12-18(23)17(22(24,25)26)13-20(16)30-21(19)27-15(4)28-30/h10,12-14H,5-9,11H2,1-4H3. The van der Waals surface area contributed by atoms with Gasteiger partial charge >= 0.3 is 6.18 Å². The van der Waals surface area contributed by atoms with Crippen LogP contribution in [0.5, 0.6) is 0 Å². The van der Waals surface area contributed by atoms with Gasteiger partial charge in [-0.25, -0.2) is 14.1 Å². The van der Waals surface area contributed by atoms with Gasteiger partial charge in [-0.15, -0.1) is 0 Å². The third kappa shape index (κ3) is 4.37. The molecule has 0 aliphatic carbocycles. The molecule has 30 heavy (non-hydrogen) atoms. The number of aromatic nitrogens is 3. The summed E-state index contributed by atoms with van der Waals surface area (Å²) in [6, 6.07) is 1.87. The first-order chi connectivity index (χ1) is 14.2. The summed E-state index contributed by atoms with van der Waals surface area (Å²) in [5.74, 6) is -0.470. The quantitative estimate of drug-likeness (QED) is 0.415. The molecule has 3 rings (SSSR count). The SMILES string of the molecule is CCCCCN(CC)C1=CCC(C)c2cc(F)c(C(F)(F)F)cc2-n2nc(C)nc21. The van der Waals surface area contributed by atoms with Gasteiger partial charge in [0, 0.05) is 13.1 Å². The molecule has 1 aromatic heterocycles. The van der Waals surface area contributed by atoms with E-state index in [4.69, 9.17) is 0 Å². The second kappa shape index (κ2) is 8.78. The lowest BCUT2D eigenvalue weighted by Crippen LogP contribution is -2.26. The summed E-state index contributed by atoms with van der Waals surface area (Å²) in [5.41, 5.74) is 0.316. The molecule has 8 heteroatoms. The maximum atomic E-state index is 14.3. The van der Waals surface area contributed by atoms with Crippen LogP contribution in [-0.4, -0.2) is 32.8 Å². The molecule has 4 nitrogen and oxygen atoms in total. The highest BCUT2D eigenvalue weighted by molar-refractivity contribution is 5.63. The predicted molar refractivity (Wildman–Crippen MR) is 109 cm³/mol. The zero-order chi connectivity index (χ0) is 22.1. The van der Waals surface area contributed by atoms with Crippen molar-refractivity contribution >= 4 is 5.70 Å². The molecule has 0 radical (unpaired) electrons. The number of hydrogen-bond acceptors (Lipinski definition) is 3. The van der Waals surface area contributed by atoms with Gasteiger partial charge in [0.05, 0.1) is 16.9 Å². The molecule has 0 fully saturated rings. The van der Waals surface area contributed by atoms with Crippen molar-refractivity contribution in [3.63, 3.8) is 0 Å². The number of aryl methyl sites for hydroxylation is 1. The molecule has 2 heterocycles. The number of halogens is 4. The van der Waals surface area contributed by atoms with Crippen LogP contribution in [-0.2, 0) is 6.18 Å². The van der Waals surface area contributed by atoms with Crippen LogP contribution in [0, 0.1) is 12.7 Å². The molecule has 0 N–H and O–H groups in total. The Bertz CT molecular complexity index is 930. The predicted octanol–water partition coefficient (Wildman–Crippen LogP) is 6.09. The minimum Gasteiger partial charge on any atom is -0.369 e. The molecular formula is C22H28F4N4. The van der Waals surface area contributed by atoms with Gasteiger partial charge in [-0.2, -0.15) is 18.3 Å². The summed E-state index contributed by atoms with van der Waals surface area (Å²) < 4.78 is 56.0. The number of rotatable bonds is 6. The van der Waals surface area contributed by atoms with E-state index < -0.39 is 17.6 Å². The van der Waals surface area contributed by atoms with E-state index in [-0.39, 0.29) is 11.6 Å². The van der Waals surface area contributed by atoms with Gasteiger partial charge in [0.2, 0.25) is 0 Å². The summed E-state index contributed by atoms with van der Waals surface area (Å²) in [7, 11) is 0. The van der Waals surface area contributed by atoms with Gasteiger partial charge in [-0.3, -0.25) is 0 Å². The minimum atomic E-state index is -4.78. The van der Waals surface area contributed by atoms with Crippen LogP contribution in [0.4, 0.5) is 17.6 Å². The zero-order valence-corrected chi connectivity index (χ0v) is 17.9. The number of allylic oxidation sites excluding steroid dienone is 1. The molecule has 0 saturated carbocycles. The Balaban J connectivity index is 2.17. The molecule has 1 atom stereocenters. The van der Waals surface area contributed by atoms with Crippen molar-refractivity contribution in [2.45, 2.75) is 65.5 Å². The molecule has 0 saturated heterocycles. The number of benzene rings is 1. The van der Waals surface area contributed by atoms with Gasteiger partial charge < -0.3 is 4.90 Å². The van der Waals surface area contributed by atoms with Gasteiger partial charge in [-0.1, -0.05) is 32.8 Å². The maximum Gasteiger partial charge on any atom is 0.419 e. The lowest BCUT2D eigenvalue weighted by atomic mass is 9.92. The van der Waals surface area contributed by atoms with Crippen molar-refractivity contribution in [3.8, 4) is 5.69 Å². The molecule has 1 aliphatic heterocycles. The van der Waals surface area contributed by atoms with E-state index in [1.807, 2.05) is 13.8 Å². The Morgan fingerprint density at radius 2 is 1.93 bits per heavy atom. The zero-order valence-electron chi connectivity index (χ0n) is 17.9. The Morgan fingerprint density at radius 3 is 2.57 bits per heavy atom. The van der Waals surface area contributed by atoms with Gasteiger partial charge in [0.25, 0.3) is 0 Å². The molecule has 2 aromatic rings. The van der Waals surface area contributed by atoms with E-state index in [1.54, 1.807) is 6.92 Å². The van der Waals surface area contributed by atoms with Crippen molar-refractivity contribution in [2.24, 2.45) is 0 Å². The molecule has 0 bridgehead atoms. The average molecular weight is 424 g/mol. The van der Waals surface area contributed by atoms with E-state index in [0.29, 0.717) is 23.6 Å². The fourth-order valence-electron chi connectivity index (χ4n) is 3.90. The number of hydrogen-bond donors (Lipinski definition) is 0. The third-order valence-corrected chi connectivity index (χ3v) is 5.54. The van der Waals surface area contributed by atoms with E-state index in [9.17, 15) is 17.6 Å². The van der Waals surface area contributed by atoms with Crippen molar-refractivity contribution in [3.05, 3.63) is 46.8 Å². The lowest BCUT2D eigenvalue weighted by molar-refractivity contribution is -0.140. The summed E-state index contributed by atoms with van der Waals surface area (Å²) in [4.78, 5) is 6.73. The lowest BCUT2D eigenvalue weighted by Gasteiger charge is -2.29. The third-order valence-electron chi connectivity index (χ3n) is 5.54. The highest BCUT2D eigenvalue weighted by Gasteiger charge is 2.36. The monoisotopic (exact) mass is 424 g/mol. The first kappa shape index (κ1) is 22.3. The normalized spacial score (nSPS) is 16.4. The summed E-state index contributed by atoms with van der Waals surface area (Å²) in [6.07, 6.45) is 1.06. The summed E-state index contributed by atoms with van der Waals surface area (Å²) >= 11 is 0. The summed E-state index contributed by atoms with van der Waals surface area (Å²) in [6.45, 7) is 9.37. The van der Waals surface area contributed by atoms with Crippen molar-refractivity contribution in [1.29, 1.82) is 0 Å². The first-order valence-electron chi connectivity index (χ1n) is 10.5. The van der Waals surface area contributed by atoms with E-state index >= 15 is 0 Å². The van der Waals surface area contributed by atoms with E-state index in [0.717, 1.165) is 50.2 Å². The minimum absolute atomic E-state index is 0.168. The van der Waals surface area contributed by atoms with Crippen molar-refractivity contribution in [2.75, 3.05) is 13.1 Å². The Hall–Kier alpha value is -2.38. The Morgan fingerprint density at radius 1 is 1.20 bits per heavy atom. The van der Waals surface area contributed by atoms with Crippen LogP contribution in [0.25, 0.3) is 11.4 Å². The molecule has 1 aromatic carbocycles. The van der Waals surface area contributed by atoms with Gasteiger partial charge in [-0.05, 0) is 50.3 Å². The van der Waals surface area contributed by atoms with Crippen molar-refractivity contribution < 1.29 is 17.6 Å². The van der Waals surface area contributed by atoms with Crippen LogP contribution in [0.15, 0.2) is 18.2 Å². The highest BCUT2D eigenvalue weighted by Crippen LogP contribution is 2.39. The Kier molecular flexibility index (Phi) is 6.53. The molecule has 1 aliphatic rings. The van der Waals surface area contributed by atoms with E-state index in [2.05, 4.69) is 28.0 Å². The smallest absolute Gasteiger partial charge is 0.369 e. The number of fused-ring (bicyclic) bond motifs is 3. The van der Waals surface area contributed by atoms with Crippen LogP contribution >= 0.6 is 0 Å². The second-order valence-corrected chi connectivity index (χ2v) is 7.80. The fraction of sp³-hybridized carbons (Fsp3) is 0.545. The van der Waals surface area contributed by atoms with Gasteiger partial charge in [0.15, 0.2) is 5.82 Å². The molecule has 0 amide bonds. The topological polar surface area (TPSA) is 34.0 Å². The molecule has 0 spiro atoms. The van der Waals surface area contributed by atoms with Crippen LogP contribution in [0.2, 0.25) is 0 Å². The molecule has 1 unspecified atom stereocenters. The summed E-state index contributed by atoms with van der Waals surface area (Å²) in [5, 5.41) is 4.39. The molecular weight excluding hydrogens is 396 g/mol. The maximum absolute atomic E-state index is 14.3.